The van der Waals surface area contributed by atoms with Gasteiger partial charge in [0, 0.05) is 43.0 Å². The summed E-state index contributed by atoms with van der Waals surface area (Å²) >= 11 is 0. The van der Waals surface area contributed by atoms with Crippen LogP contribution in [0.3, 0.4) is 0 Å². The molecule has 0 saturated carbocycles. The van der Waals surface area contributed by atoms with Gasteiger partial charge in [-0.15, -0.1) is 0 Å². The summed E-state index contributed by atoms with van der Waals surface area (Å²) in [5.74, 6) is -0.844. The van der Waals surface area contributed by atoms with E-state index in [4.69, 9.17) is 0 Å². The van der Waals surface area contributed by atoms with Crippen molar-refractivity contribution >= 4 is 11.0 Å². The van der Waals surface area contributed by atoms with E-state index in [1.165, 1.54) is 18.3 Å². The quantitative estimate of drug-likeness (QED) is 0.602. The van der Waals surface area contributed by atoms with E-state index in [-0.39, 0.29) is 12.1 Å². The smallest absolute Gasteiger partial charge is 0.145 e. The first-order valence-electron chi connectivity index (χ1n) is 8.24. The molecule has 0 saturated heterocycles. The number of fused-ring (bicyclic) bond motifs is 1. The topological polar surface area (TPSA) is 54.5 Å². The van der Waals surface area contributed by atoms with E-state index in [1.54, 1.807) is 12.4 Å². The van der Waals surface area contributed by atoms with Crippen molar-refractivity contribution < 1.29 is 8.78 Å². The molecule has 0 radical (unpaired) electrons. The first kappa shape index (κ1) is 16.3. The Labute approximate surface area is 149 Å². The SMILES string of the molecule is Cc1cnc2[nH]cc(Cc3cnc(Cc4cncc(F)c4)c(F)c3)c2c1. The van der Waals surface area contributed by atoms with Crippen molar-refractivity contribution in [2.24, 2.45) is 0 Å². The lowest BCUT2D eigenvalue weighted by Crippen LogP contribution is -2.00. The van der Waals surface area contributed by atoms with Crippen LogP contribution in [0.4, 0.5) is 8.78 Å². The summed E-state index contributed by atoms with van der Waals surface area (Å²) in [6.45, 7) is 1.99. The Morgan fingerprint density at radius 1 is 0.923 bits per heavy atom. The Bertz CT molecular complexity index is 1090. The van der Waals surface area contributed by atoms with E-state index in [1.807, 2.05) is 13.1 Å². The third-order valence-electron chi connectivity index (χ3n) is 4.26. The summed E-state index contributed by atoms with van der Waals surface area (Å²) in [7, 11) is 0. The molecule has 0 fully saturated rings. The fraction of sp³-hybridized carbons (Fsp3) is 0.150. The number of pyridine rings is 3. The van der Waals surface area contributed by atoms with Gasteiger partial charge < -0.3 is 4.98 Å². The van der Waals surface area contributed by atoms with E-state index >= 15 is 0 Å². The highest BCUT2D eigenvalue weighted by molar-refractivity contribution is 5.80. The van der Waals surface area contributed by atoms with Gasteiger partial charge in [-0.1, -0.05) is 0 Å². The van der Waals surface area contributed by atoms with E-state index in [2.05, 4.69) is 26.0 Å². The van der Waals surface area contributed by atoms with Crippen LogP contribution in [0.2, 0.25) is 0 Å². The van der Waals surface area contributed by atoms with Gasteiger partial charge in [0.2, 0.25) is 0 Å². The molecule has 1 N–H and O–H groups in total. The van der Waals surface area contributed by atoms with Crippen LogP contribution in [0.5, 0.6) is 0 Å². The summed E-state index contributed by atoms with van der Waals surface area (Å²) in [6.07, 6.45) is 8.74. The van der Waals surface area contributed by atoms with Crippen LogP contribution in [0.15, 0.2) is 49.2 Å². The maximum absolute atomic E-state index is 14.4. The lowest BCUT2D eigenvalue weighted by Gasteiger charge is -2.06. The lowest BCUT2D eigenvalue weighted by atomic mass is 10.0. The molecule has 0 atom stereocenters. The normalized spacial score (nSPS) is 11.2. The first-order chi connectivity index (χ1) is 12.6. The van der Waals surface area contributed by atoms with Crippen LogP contribution in [0, 0.1) is 18.6 Å². The number of nitrogens with one attached hydrogen (secondary N) is 1. The second-order valence-corrected chi connectivity index (χ2v) is 6.36. The highest BCUT2D eigenvalue weighted by Crippen LogP contribution is 2.21. The molecule has 4 aromatic heterocycles. The Hall–Kier alpha value is -3.15. The van der Waals surface area contributed by atoms with Crippen molar-refractivity contribution in [3.8, 4) is 0 Å². The van der Waals surface area contributed by atoms with Gasteiger partial charge in [-0.2, -0.15) is 0 Å². The molecule has 4 rings (SSSR count). The zero-order valence-corrected chi connectivity index (χ0v) is 14.1. The highest BCUT2D eigenvalue weighted by Gasteiger charge is 2.10. The van der Waals surface area contributed by atoms with Crippen LogP contribution in [-0.2, 0) is 12.8 Å². The number of aryl methyl sites for hydroxylation is 1. The molecular formula is C20H16F2N4. The molecule has 4 heterocycles. The van der Waals surface area contributed by atoms with Crippen LogP contribution < -0.4 is 0 Å². The highest BCUT2D eigenvalue weighted by atomic mass is 19.1. The van der Waals surface area contributed by atoms with E-state index in [9.17, 15) is 8.78 Å². The maximum atomic E-state index is 14.4. The molecule has 0 aliphatic rings. The molecule has 0 bridgehead atoms. The van der Waals surface area contributed by atoms with Crippen molar-refractivity contribution in [3.63, 3.8) is 0 Å². The summed E-state index contributed by atoms with van der Waals surface area (Å²) in [5, 5.41) is 1.03. The molecule has 130 valence electrons. The molecule has 4 nitrogen and oxygen atoms in total. The molecular weight excluding hydrogens is 334 g/mol. The van der Waals surface area contributed by atoms with Gasteiger partial charge >= 0.3 is 0 Å². The van der Waals surface area contributed by atoms with E-state index in [0.29, 0.717) is 12.0 Å². The predicted octanol–water partition coefficient (Wildman–Crippen LogP) is 4.12. The number of nitrogens with zero attached hydrogens (tertiary/aromatic N) is 3. The molecule has 0 spiro atoms. The molecule has 0 amide bonds. The fourth-order valence-corrected chi connectivity index (χ4v) is 3.01. The monoisotopic (exact) mass is 350 g/mol. The Kier molecular flexibility index (Phi) is 4.16. The third kappa shape index (κ3) is 3.31. The minimum absolute atomic E-state index is 0.201. The van der Waals surface area contributed by atoms with Crippen molar-refractivity contribution in [1.82, 2.24) is 19.9 Å². The third-order valence-corrected chi connectivity index (χ3v) is 4.26. The standard InChI is InChI=1S/C20H16F2N4/c1-12-2-17-15(10-26-20(17)25-7-12)3-13-5-18(22)19(24-9-13)6-14-4-16(21)11-23-8-14/h2,4-5,7-11H,3,6H2,1H3,(H,25,26). The van der Waals surface area contributed by atoms with Crippen molar-refractivity contribution in [1.29, 1.82) is 0 Å². The average Bonchev–Trinajstić information content (AvgIpc) is 2.99. The molecule has 0 unspecified atom stereocenters. The Morgan fingerprint density at radius 3 is 2.58 bits per heavy atom. The zero-order chi connectivity index (χ0) is 18.1. The summed E-state index contributed by atoms with van der Waals surface area (Å²) in [6, 6.07) is 4.88. The minimum Gasteiger partial charge on any atom is -0.346 e. The van der Waals surface area contributed by atoms with Gasteiger partial charge in [0.15, 0.2) is 0 Å². The predicted molar refractivity (Wildman–Crippen MR) is 94.8 cm³/mol. The molecule has 6 heteroatoms. The number of aromatic amines is 1. The van der Waals surface area contributed by atoms with Crippen LogP contribution in [0.1, 0.15) is 27.9 Å². The molecule has 26 heavy (non-hydrogen) atoms. The fourth-order valence-electron chi connectivity index (χ4n) is 3.01. The number of hydrogen-bond donors (Lipinski definition) is 1. The van der Waals surface area contributed by atoms with Crippen molar-refractivity contribution in [2.45, 2.75) is 19.8 Å². The molecule has 0 aliphatic carbocycles. The van der Waals surface area contributed by atoms with Crippen molar-refractivity contribution in [3.05, 3.63) is 88.8 Å². The van der Waals surface area contributed by atoms with Crippen LogP contribution >= 0.6 is 0 Å². The van der Waals surface area contributed by atoms with Gasteiger partial charge in [0.25, 0.3) is 0 Å². The number of H-pyrrole nitrogens is 1. The Balaban J connectivity index is 1.58. The second-order valence-electron chi connectivity index (χ2n) is 6.36. The lowest BCUT2D eigenvalue weighted by molar-refractivity contribution is 0.598. The van der Waals surface area contributed by atoms with Gasteiger partial charge in [0.1, 0.15) is 17.3 Å². The molecule has 0 aliphatic heterocycles. The molecule has 4 aromatic rings. The largest absolute Gasteiger partial charge is 0.346 e. The first-order valence-corrected chi connectivity index (χ1v) is 8.24. The van der Waals surface area contributed by atoms with E-state index in [0.717, 1.165) is 33.9 Å². The average molecular weight is 350 g/mol. The summed E-state index contributed by atoms with van der Waals surface area (Å²) in [5.41, 5.74) is 4.56. The van der Waals surface area contributed by atoms with Gasteiger partial charge in [-0.25, -0.2) is 13.8 Å². The maximum Gasteiger partial charge on any atom is 0.145 e. The van der Waals surface area contributed by atoms with Gasteiger partial charge in [-0.05, 0) is 47.4 Å². The summed E-state index contributed by atoms with van der Waals surface area (Å²) < 4.78 is 27.7. The minimum atomic E-state index is -0.442. The van der Waals surface area contributed by atoms with Crippen molar-refractivity contribution in [2.75, 3.05) is 0 Å². The zero-order valence-electron chi connectivity index (χ0n) is 14.1. The number of rotatable bonds is 4. The van der Waals surface area contributed by atoms with Crippen LogP contribution in [0.25, 0.3) is 11.0 Å². The second kappa shape index (κ2) is 6.63. The van der Waals surface area contributed by atoms with E-state index < -0.39 is 11.6 Å². The number of hydrogen-bond acceptors (Lipinski definition) is 3. The summed E-state index contributed by atoms with van der Waals surface area (Å²) in [4.78, 5) is 15.5. The Morgan fingerprint density at radius 2 is 1.77 bits per heavy atom. The molecule has 0 aromatic carbocycles. The number of aromatic nitrogens is 4. The number of halogens is 2. The van der Waals surface area contributed by atoms with Crippen LogP contribution in [-0.4, -0.2) is 19.9 Å². The van der Waals surface area contributed by atoms with Gasteiger partial charge in [0.05, 0.1) is 11.9 Å². The van der Waals surface area contributed by atoms with Gasteiger partial charge in [-0.3, -0.25) is 9.97 Å².